The lowest BCUT2D eigenvalue weighted by molar-refractivity contribution is -0.113. The summed E-state index contributed by atoms with van der Waals surface area (Å²) in [6, 6.07) is 16.5. The fourth-order valence-corrected chi connectivity index (χ4v) is 2.47. The Labute approximate surface area is 134 Å². The summed E-state index contributed by atoms with van der Waals surface area (Å²) in [6.45, 7) is 2.58. The maximum absolute atomic E-state index is 11.9. The molecule has 0 aliphatic heterocycles. The molecule has 0 unspecified atom stereocenters. The zero-order valence-corrected chi connectivity index (χ0v) is 13.0. The van der Waals surface area contributed by atoms with Gasteiger partial charge in [-0.1, -0.05) is 0 Å². The number of thioether (sulfide) groups is 1. The number of nitriles is 1. The molecule has 4 nitrogen and oxygen atoms in total. The van der Waals surface area contributed by atoms with Gasteiger partial charge in [0, 0.05) is 10.6 Å². The van der Waals surface area contributed by atoms with Crippen molar-refractivity contribution < 1.29 is 9.53 Å². The SMILES string of the molecule is CCOc1ccc(SCC(=O)Nc2ccc(C#N)cc2)cc1. The monoisotopic (exact) mass is 312 g/mol. The van der Waals surface area contributed by atoms with Crippen molar-refractivity contribution in [3.05, 3.63) is 54.1 Å². The van der Waals surface area contributed by atoms with E-state index in [-0.39, 0.29) is 5.91 Å². The molecule has 2 rings (SSSR count). The number of anilines is 1. The normalized spacial score (nSPS) is 9.82. The molecular formula is C17H16N2O2S. The van der Waals surface area contributed by atoms with E-state index >= 15 is 0 Å². The average Bonchev–Trinajstić information content (AvgIpc) is 2.55. The van der Waals surface area contributed by atoms with Gasteiger partial charge in [-0.2, -0.15) is 5.26 Å². The fourth-order valence-electron chi connectivity index (χ4n) is 1.77. The molecule has 0 aliphatic rings. The van der Waals surface area contributed by atoms with Gasteiger partial charge in [-0.15, -0.1) is 11.8 Å². The molecule has 22 heavy (non-hydrogen) atoms. The topological polar surface area (TPSA) is 62.1 Å². The number of carbonyl (C=O) groups excluding carboxylic acids is 1. The zero-order chi connectivity index (χ0) is 15.8. The number of nitrogens with one attached hydrogen (secondary N) is 1. The smallest absolute Gasteiger partial charge is 0.234 e. The molecule has 0 atom stereocenters. The first kappa shape index (κ1) is 15.9. The van der Waals surface area contributed by atoms with Crippen LogP contribution in [0.2, 0.25) is 0 Å². The number of ether oxygens (including phenoxy) is 1. The predicted octanol–water partition coefficient (Wildman–Crippen LogP) is 3.69. The van der Waals surface area contributed by atoms with Crippen molar-refractivity contribution in [2.45, 2.75) is 11.8 Å². The van der Waals surface area contributed by atoms with E-state index in [9.17, 15) is 4.79 Å². The van der Waals surface area contributed by atoms with Crippen LogP contribution in [0.5, 0.6) is 5.75 Å². The summed E-state index contributed by atoms with van der Waals surface area (Å²) in [5, 5.41) is 11.5. The second-order valence-electron chi connectivity index (χ2n) is 4.43. The van der Waals surface area contributed by atoms with Crippen LogP contribution in [-0.4, -0.2) is 18.3 Å². The fraction of sp³-hybridized carbons (Fsp3) is 0.176. The first-order valence-electron chi connectivity index (χ1n) is 6.87. The van der Waals surface area contributed by atoms with E-state index in [1.165, 1.54) is 11.8 Å². The molecule has 1 N–H and O–H groups in total. The summed E-state index contributed by atoms with van der Waals surface area (Å²) in [7, 11) is 0. The third-order valence-electron chi connectivity index (χ3n) is 2.80. The molecule has 0 heterocycles. The van der Waals surface area contributed by atoms with E-state index in [1.54, 1.807) is 24.3 Å². The number of rotatable bonds is 6. The van der Waals surface area contributed by atoms with Crippen LogP contribution in [0, 0.1) is 11.3 Å². The molecule has 0 saturated carbocycles. The molecule has 2 aromatic rings. The first-order valence-corrected chi connectivity index (χ1v) is 7.85. The lowest BCUT2D eigenvalue weighted by Crippen LogP contribution is -2.13. The van der Waals surface area contributed by atoms with Crippen LogP contribution >= 0.6 is 11.8 Å². The Kier molecular flexibility index (Phi) is 5.87. The molecule has 1 amide bonds. The first-order chi connectivity index (χ1) is 10.7. The number of hydrogen-bond acceptors (Lipinski definition) is 4. The van der Waals surface area contributed by atoms with Gasteiger partial charge in [-0.3, -0.25) is 4.79 Å². The van der Waals surface area contributed by atoms with E-state index in [2.05, 4.69) is 5.32 Å². The lowest BCUT2D eigenvalue weighted by atomic mass is 10.2. The maximum Gasteiger partial charge on any atom is 0.234 e. The highest BCUT2D eigenvalue weighted by molar-refractivity contribution is 8.00. The second-order valence-corrected chi connectivity index (χ2v) is 5.48. The van der Waals surface area contributed by atoms with E-state index < -0.39 is 0 Å². The van der Waals surface area contributed by atoms with Crippen molar-refractivity contribution in [2.24, 2.45) is 0 Å². The van der Waals surface area contributed by atoms with Crippen molar-refractivity contribution in [1.29, 1.82) is 5.26 Å². The molecule has 5 heteroatoms. The second kappa shape index (κ2) is 8.11. The van der Waals surface area contributed by atoms with Gasteiger partial charge in [0.05, 0.1) is 24.0 Å². The van der Waals surface area contributed by atoms with E-state index in [0.717, 1.165) is 10.6 Å². The van der Waals surface area contributed by atoms with Crippen LogP contribution in [0.25, 0.3) is 0 Å². The quantitative estimate of drug-likeness (QED) is 0.826. The standard InChI is InChI=1S/C17H16N2O2S/c1-2-21-15-7-9-16(10-8-15)22-12-17(20)19-14-5-3-13(11-18)4-6-14/h3-10H,2,12H2,1H3,(H,19,20). The van der Waals surface area contributed by atoms with Crippen LogP contribution in [-0.2, 0) is 4.79 Å². The summed E-state index contributed by atoms with van der Waals surface area (Å²) < 4.78 is 5.37. The molecule has 112 valence electrons. The molecule has 0 fully saturated rings. The molecule has 0 aromatic heterocycles. The highest BCUT2D eigenvalue weighted by Gasteiger charge is 2.04. The highest BCUT2D eigenvalue weighted by Crippen LogP contribution is 2.21. The average molecular weight is 312 g/mol. The van der Waals surface area contributed by atoms with Crippen molar-refractivity contribution in [2.75, 3.05) is 17.7 Å². The summed E-state index contributed by atoms with van der Waals surface area (Å²) in [5.74, 6) is 1.08. The highest BCUT2D eigenvalue weighted by atomic mass is 32.2. The minimum absolute atomic E-state index is 0.0800. The molecule has 2 aromatic carbocycles. The van der Waals surface area contributed by atoms with Crippen molar-refractivity contribution in [3.63, 3.8) is 0 Å². The minimum atomic E-state index is -0.0800. The Hall–Kier alpha value is -2.45. The van der Waals surface area contributed by atoms with Gasteiger partial charge in [-0.05, 0) is 55.5 Å². The summed E-state index contributed by atoms with van der Waals surface area (Å²) in [4.78, 5) is 12.9. The Balaban J connectivity index is 1.83. The molecule has 0 bridgehead atoms. The lowest BCUT2D eigenvalue weighted by Gasteiger charge is -2.06. The summed E-state index contributed by atoms with van der Waals surface area (Å²) >= 11 is 1.46. The number of nitrogens with zero attached hydrogens (tertiary/aromatic N) is 1. The number of carbonyl (C=O) groups is 1. The van der Waals surface area contributed by atoms with Crippen LogP contribution in [0.1, 0.15) is 12.5 Å². The van der Waals surface area contributed by atoms with Crippen molar-refractivity contribution in [1.82, 2.24) is 0 Å². The summed E-state index contributed by atoms with van der Waals surface area (Å²) in [5.41, 5.74) is 1.26. The van der Waals surface area contributed by atoms with Gasteiger partial charge < -0.3 is 10.1 Å². The maximum atomic E-state index is 11.9. The van der Waals surface area contributed by atoms with E-state index in [0.29, 0.717) is 23.6 Å². The molecule has 0 spiro atoms. The van der Waals surface area contributed by atoms with Gasteiger partial charge in [0.1, 0.15) is 5.75 Å². The Morgan fingerprint density at radius 3 is 2.45 bits per heavy atom. The Bertz CT molecular complexity index is 661. The number of hydrogen-bond donors (Lipinski definition) is 1. The zero-order valence-electron chi connectivity index (χ0n) is 12.2. The van der Waals surface area contributed by atoms with Crippen LogP contribution < -0.4 is 10.1 Å². The Morgan fingerprint density at radius 1 is 1.18 bits per heavy atom. The van der Waals surface area contributed by atoms with Gasteiger partial charge in [0.25, 0.3) is 0 Å². The Morgan fingerprint density at radius 2 is 1.86 bits per heavy atom. The third-order valence-corrected chi connectivity index (χ3v) is 3.81. The molecule has 0 aliphatic carbocycles. The number of amides is 1. The van der Waals surface area contributed by atoms with Crippen LogP contribution in [0.4, 0.5) is 5.69 Å². The van der Waals surface area contributed by atoms with Gasteiger partial charge >= 0.3 is 0 Å². The van der Waals surface area contributed by atoms with Crippen molar-refractivity contribution >= 4 is 23.4 Å². The third kappa shape index (κ3) is 4.83. The molecule has 0 radical (unpaired) electrons. The largest absolute Gasteiger partial charge is 0.494 e. The van der Waals surface area contributed by atoms with Crippen LogP contribution in [0.3, 0.4) is 0 Å². The minimum Gasteiger partial charge on any atom is -0.494 e. The van der Waals surface area contributed by atoms with Gasteiger partial charge in [0.15, 0.2) is 0 Å². The van der Waals surface area contributed by atoms with E-state index in [1.807, 2.05) is 37.3 Å². The van der Waals surface area contributed by atoms with Crippen molar-refractivity contribution in [3.8, 4) is 11.8 Å². The van der Waals surface area contributed by atoms with E-state index in [4.69, 9.17) is 10.00 Å². The molecule has 0 saturated heterocycles. The van der Waals surface area contributed by atoms with Gasteiger partial charge in [-0.25, -0.2) is 0 Å². The van der Waals surface area contributed by atoms with Gasteiger partial charge in [0.2, 0.25) is 5.91 Å². The van der Waals surface area contributed by atoms with Crippen LogP contribution in [0.15, 0.2) is 53.4 Å². The number of benzene rings is 2. The molecular weight excluding hydrogens is 296 g/mol. The predicted molar refractivity (Wildman–Crippen MR) is 88.1 cm³/mol. The summed E-state index contributed by atoms with van der Waals surface area (Å²) in [6.07, 6.45) is 0.